The van der Waals surface area contributed by atoms with E-state index in [4.69, 9.17) is 9.47 Å². The van der Waals surface area contributed by atoms with E-state index in [2.05, 4.69) is 309 Å². The third-order valence-corrected chi connectivity index (χ3v) is 23.9. The largest absolute Gasteiger partial charge is 0.462 e. The van der Waals surface area contributed by atoms with E-state index in [1.165, 1.54) is 119 Å². The van der Waals surface area contributed by atoms with Crippen molar-refractivity contribution >= 4 is 125 Å². The number of hydrogen-bond donors (Lipinski definition) is 0. The molecule has 576 valence electrons. The van der Waals surface area contributed by atoms with Crippen LogP contribution in [0, 0.1) is 98.0 Å². The number of fused-ring (bicyclic) bond motifs is 15. The topological polar surface area (TPSA) is 52.6 Å². The highest BCUT2D eigenvalue weighted by molar-refractivity contribution is 6.84. The number of benzene rings is 14. The van der Waals surface area contributed by atoms with Crippen LogP contribution in [0.25, 0.3) is 97.0 Å². The molecule has 0 fully saturated rings. The van der Waals surface area contributed by atoms with E-state index in [9.17, 15) is 9.59 Å². The van der Waals surface area contributed by atoms with Crippen molar-refractivity contribution < 1.29 is 19.1 Å². The van der Waals surface area contributed by atoms with Gasteiger partial charge in [-0.05, 0) is 233 Å². The number of ether oxygens (including phenoxy) is 2. The first-order chi connectivity index (χ1) is 56.2. The van der Waals surface area contributed by atoms with E-state index < -0.39 is 28.1 Å². The number of aryl methyl sites for hydroxylation is 4. The lowest BCUT2D eigenvalue weighted by Gasteiger charge is -2.15. The molecule has 0 radical (unpaired) electrons. The van der Waals surface area contributed by atoms with Crippen molar-refractivity contribution in [1.29, 1.82) is 0 Å². The van der Waals surface area contributed by atoms with Crippen LogP contribution in [0.2, 0.25) is 39.3 Å². The van der Waals surface area contributed by atoms with Crippen molar-refractivity contribution in [3.63, 3.8) is 0 Å². The molecule has 0 N–H and O–H groups in total. The van der Waals surface area contributed by atoms with E-state index >= 15 is 0 Å². The molecule has 0 heterocycles. The molecule has 0 aliphatic carbocycles. The van der Waals surface area contributed by atoms with Gasteiger partial charge in [0.2, 0.25) is 0 Å². The van der Waals surface area contributed by atoms with Gasteiger partial charge in [0, 0.05) is 55.6 Å². The summed E-state index contributed by atoms with van der Waals surface area (Å²) in [6.45, 7) is 27.7. The third-order valence-electron chi connectivity index (χ3n) is 22.2. The van der Waals surface area contributed by atoms with Gasteiger partial charge in [-0.3, -0.25) is 0 Å². The molecule has 14 aromatic rings. The van der Waals surface area contributed by atoms with Crippen LogP contribution >= 0.6 is 0 Å². The summed E-state index contributed by atoms with van der Waals surface area (Å²) in [7, 11) is -3.44. The summed E-state index contributed by atoms with van der Waals surface area (Å²) >= 11 is 0. The molecule has 0 atom stereocenters. The predicted octanol–water partition coefficient (Wildman–Crippen LogP) is 28.0. The molecular weight excluding hydrogens is 1440 g/mol. The van der Waals surface area contributed by atoms with Crippen LogP contribution in [0.4, 0.5) is 0 Å². The first kappa shape index (κ1) is 80.7. The number of unbranched alkanes of at least 4 members (excludes halogenated alkanes) is 14. The maximum atomic E-state index is 14.4. The van der Waals surface area contributed by atoms with E-state index in [0.29, 0.717) is 46.6 Å². The fraction of sp³-hybridized carbons (Fsp3) is 0.273. The van der Waals surface area contributed by atoms with E-state index in [1.807, 2.05) is 36.4 Å². The minimum atomic E-state index is -1.72. The average molecular weight is 1550 g/mol. The summed E-state index contributed by atoms with van der Waals surface area (Å²) in [6.07, 6.45) is 18.3. The maximum Gasteiger partial charge on any atom is 0.338 e. The molecule has 14 rings (SSSR count). The Balaban J connectivity index is 0.860. The summed E-state index contributed by atoms with van der Waals surface area (Å²) in [5.41, 5.74) is 20.9. The molecule has 0 aliphatic rings. The normalized spacial score (nSPS) is 11.4. The fourth-order valence-corrected chi connectivity index (χ4v) is 17.5. The smallest absolute Gasteiger partial charge is 0.338 e. The first-order valence-electron chi connectivity index (χ1n) is 42.1. The fourth-order valence-electron chi connectivity index (χ4n) is 16.4. The number of esters is 2. The van der Waals surface area contributed by atoms with Crippen molar-refractivity contribution in [2.45, 2.75) is 184 Å². The minimum Gasteiger partial charge on any atom is -0.462 e. The van der Waals surface area contributed by atoms with Gasteiger partial charge in [-0.15, -0.1) is 11.1 Å². The van der Waals surface area contributed by atoms with Gasteiger partial charge < -0.3 is 9.47 Å². The molecule has 0 saturated heterocycles. The second kappa shape index (κ2) is 36.3. The number of hydrogen-bond acceptors (Lipinski definition) is 4. The van der Waals surface area contributed by atoms with Gasteiger partial charge in [-0.25, -0.2) is 9.59 Å². The zero-order chi connectivity index (χ0) is 81.0. The Morgan fingerprint density at radius 3 is 0.828 bits per heavy atom. The van der Waals surface area contributed by atoms with Crippen molar-refractivity contribution in [2.75, 3.05) is 13.2 Å². The molecule has 0 amide bonds. The lowest BCUT2D eigenvalue weighted by atomic mass is 9.88. The van der Waals surface area contributed by atoms with E-state index in [0.717, 1.165) is 137 Å². The summed E-state index contributed by atoms with van der Waals surface area (Å²) < 4.78 is 12.2. The van der Waals surface area contributed by atoms with Crippen LogP contribution in [-0.4, -0.2) is 41.3 Å². The summed E-state index contributed by atoms with van der Waals surface area (Å²) in [5, 5.41) is 20.0. The van der Waals surface area contributed by atoms with Gasteiger partial charge in [-0.2, -0.15) is 0 Å². The Hall–Kier alpha value is -11.8. The Labute approximate surface area is 689 Å². The zero-order valence-corrected chi connectivity index (χ0v) is 71.8. The van der Waals surface area contributed by atoms with Crippen LogP contribution in [0.3, 0.4) is 0 Å². The third kappa shape index (κ3) is 18.7. The predicted molar refractivity (Wildman–Crippen MR) is 499 cm³/mol. The molecule has 0 aliphatic heterocycles. The van der Waals surface area contributed by atoms with Gasteiger partial charge in [0.15, 0.2) is 0 Å². The minimum absolute atomic E-state index is 0.339. The van der Waals surface area contributed by atoms with E-state index in [1.54, 1.807) is 0 Å². The SMILES string of the molecule is CCCCCCCCCCOC(=O)c1cc(C#Cc2cc3cc(C#Cc4cc(C#Cc5cc6cc(C#C[Si](C)(C)C)c7cccc(C)c7c6c6c(C)cccc56)cc(C(=O)OCCCCCCCCCC)c4)c4ccccc4c3c3ccccc23)cc(C#Cc2cc3cc(C#C[Si](C)(C)C)c4cccc(C)c4c3c3c(C)cccc23)c1. The van der Waals surface area contributed by atoms with Gasteiger partial charge in [-0.1, -0.05) is 324 Å². The second-order valence-corrected chi connectivity index (χ2v) is 43.2. The molecule has 0 aromatic heterocycles. The molecule has 4 nitrogen and oxygen atoms in total. The van der Waals surface area contributed by atoms with Crippen LogP contribution in [-0.2, 0) is 9.47 Å². The van der Waals surface area contributed by atoms with Crippen LogP contribution in [0.5, 0.6) is 0 Å². The van der Waals surface area contributed by atoms with Gasteiger partial charge in [0.1, 0.15) is 16.1 Å². The molecule has 6 heteroatoms. The second-order valence-electron chi connectivity index (χ2n) is 33.7. The molecule has 0 bridgehead atoms. The Morgan fingerprint density at radius 2 is 0.526 bits per heavy atom. The van der Waals surface area contributed by atoms with Gasteiger partial charge >= 0.3 is 11.9 Å². The molecule has 0 unspecified atom stereocenters. The summed E-state index contributed by atoms with van der Waals surface area (Å²) in [4.78, 5) is 28.8. The highest BCUT2D eigenvalue weighted by atomic mass is 28.3. The Bertz CT molecular complexity index is 6260. The monoisotopic (exact) mass is 1540 g/mol. The lowest BCUT2D eigenvalue weighted by Crippen LogP contribution is -2.16. The number of carbonyl (C=O) groups excluding carboxylic acids is 2. The van der Waals surface area contributed by atoms with Crippen molar-refractivity contribution in [3.8, 4) is 70.3 Å². The summed E-state index contributed by atoms with van der Waals surface area (Å²) in [5.74, 6) is 35.3. The summed E-state index contributed by atoms with van der Waals surface area (Å²) in [6, 6.07) is 67.7. The van der Waals surface area contributed by atoms with Crippen molar-refractivity contribution in [3.05, 3.63) is 283 Å². The van der Waals surface area contributed by atoms with E-state index in [-0.39, 0.29) is 0 Å². The maximum absolute atomic E-state index is 14.4. The van der Waals surface area contributed by atoms with Crippen molar-refractivity contribution in [1.82, 2.24) is 0 Å². The molecule has 0 spiro atoms. The van der Waals surface area contributed by atoms with Gasteiger partial charge in [0.05, 0.1) is 24.3 Å². The Morgan fingerprint density at radius 1 is 0.267 bits per heavy atom. The highest BCUT2D eigenvalue weighted by Crippen LogP contribution is 2.42. The zero-order valence-electron chi connectivity index (χ0n) is 69.8. The standard InChI is InChI=1S/C110H104O4Si2/c1-13-15-17-19-21-23-25-31-59-113-109(111)92-65-79(63-81(67-92)51-55-85-71-90-73-87(57-61-115(7,8)9)98-47-35-39-77(5)104(98)107(90)102-75(3)37-33-45-96(85)102)49-53-83-69-89-70-84(95-42-28-30-44-101(95)106(89)100-43-29-27-41-94(83)100)54-50-80-64-82(68-93(66-80)110(112)114-60-32-26-24-22-20-18-16-14-2)52-56-86-72-91-74-88(58-62-116(10,11)12)99-48-36-40-78(6)105(99)108(91)103-76(4)38-34-46-97(86)103/h27-30,33-48,63-74H,13-26,31-32,59-60H2,1-12H3. The molecule has 0 saturated carbocycles. The quantitative estimate of drug-likeness (QED) is 0.0251. The van der Waals surface area contributed by atoms with Crippen molar-refractivity contribution in [2.24, 2.45) is 0 Å². The average Bonchev–Trinajstić information content (AvgIpc) is 0.727. The molecule has 116 heavy (non-hydrogen) atoms. The lowest BCUT2D eigenvalue weighted by molar-refractivity contribution is 0.0488. The molecule has 14 aromatic carbocycles. The first-order valence-corrected chi connectivity index (χ1v) is 49.1. The van der Waals surface area contributed by atoms with Crippen LogP contribution < -0.4 is 0 Å². The molecular formula is C110H104O4Si2. The van der Waals surface area contributed by atoms with Crippen LogP contribution in [0.1, 0.15) is 215 Å². The number of rotatable bonds is 20. The highest BCUT2D eigenvalue weighted by Gasteiger charge is 2.21. The van der Waals surface area contributed by atoms with Crippen LogP contribution in [0.15, 0.2) is 194 Å². The number of carbonyl (C=O) groups is 2. The van der Waals surface area contributed by atoms with Gasteiger partial charge in [0.25, 0.3) is 0 Å². The Kier molecular flexibility index (Phi) is 25.3.